The Balaban J connectivity index is 1.68. The topological polar surface area (TPSA) is 30.5 Å². The third kappa shape index (κ3) is 1.93. The van der Waals surface area contributed by atoms with E-state index in [0.29, 0.717) is 12.1 Å². The SMILES string of the molecule is C1CCC2(CC1)CNC1COCCC1O2. The van der Waals surface area contributed by atoms with Gasteiger partial charge in [0.25, 0.3) is 0 Å². The van der Waals surface area contributed by atoms with Crippen molar-refractivity contribution < 1.29 is 9.47 Å². The van der Waals surface area contributed by atoms with Crippen LogP contribution in [-0.2, 0) is 9.47 Å². The molecule has 3 fully saturated rings. The summed E-state index contributed by atoms with van der Waals surface area (Å²) >= 11 is 0. The normalized spacial score (nSPS) is 40.0. The van der Waals surface area contributed by atoms with Crippen molar-refractivity contribution in [1.29, 1.82) is 0 Å². The Bertz CT molecular complexity index is 226. The van der Waals surface area contributed by atoms with Gasteiger partial charge in [-0.15, -0.1) is 0 Å². The van der Waals surface area contributed by atoms with Crippen molar-refractivity contribution in [3.63, 3.8) is 0 Å². The fraction of sp³-hybridized carbons (Fsp3) is 1.00. The van der Waals surface area contributed by atoms with E-state index in [1.807, 2.05) is 0 Å². The van der Waals surface area contributed by atoms with Crippen LogP contribution >= 0.6 is 0 Å². The van der Waals surface area contributed by atoms with Crippen molar-refractivity contribution in [2.75, 3.05) is 19.8 Å². The Labute approximate surface area is 91.5 Å². The Morgan fingerprint density at radius 2 is 2.00 bits per heavy atom. The summed E-state index contributed by atoms with van der Waals surface area (Å²) in [5, 5.41) is 3.63. The van der Waals surface area contributed by atoms with E-state index in [1.54, 1.807) is 0 Å². The minimum absolute atomic E-state index is 0.177. The lowest BCUT2D eigenvalue weighted by molar-refractivity contribution is -0.179. The molecule has 0 radical (unpaired) electrons. The second-order valence-corrected chi connectivity index (χ2v) is 5.25. The van der Waals surface area contributed by atoms with Crippen molar-refractivity contribution in [3.8, 4) is 0 Å². The average Bonchev–Trinajstić information content (AvgIpc) is 2.30. The van der Waals surface area contributed by atoms with Crippen LogP contribution in [0, 0.1) is 0 Å². The number of nitrogens with one attached hydrogen (secondary N) is 1. The standard InChI is InChI=1S/C12H21NO2/c1-2-5-12(6-3-1)9-13-10-8-14-7-4-11(10)15-12/h10-11,13H,1-9H2. The predicted molar refractivity (Wildman–Crippen MR) is 57.9 cm³/mol. The molecule has 0 aromatic heterocycles. The van der Waals surface area contributed by atoms with Gasteiger partial charge in [0.05, 0.1) is 24.4 Å². The molecule has 1 aliphatic carbocycles. The van der Waals surface area contributed by atoms with Crippen LogP contribution in [0.15, 0.2) is 0 Å². The summed E-state index contributed by atoms with van der Waals surface area (Å²) in [7, 11) is 0. The van der Waals surface area contributed by atoms with Gasteiger partial charge < -0.3 is 14.8 Å². The zero-order valence-electron chi connectivity index (χ0n) is 9.34. The number of hydrogen-bond donors (Lipinski definition) is 1. The molecule has 0 aromatic rings. The van der Waals surface area contributed by atoms with E-state index in [-0.39, 0.29) is 5.60 Å². The average molecular weight is 211 g/mol. The van der Waals surface area contributed by atoms with E-state index in [2.05, 4.69) is 5.32 Å². The fourth-order valence-corrected chi connectivity index (χ4v) is 3.22. The van der Waals surface area contributed by atoms with Gasteiger partial charge in [-0.2, -0.15) is 0 Å². The van der Waals surface area contributed by atoms with Crippen molar-refractivity contribution in [3.05, 3.63) is 0 Å². The van der Waals surface area contributed by atoms with Gasteiger partial charge in [-0.05, 0) is 19.3 Å². The van der Waals surface area contributed by atoms with Gasteiger partial charge in [0.2, 0.25) is 0 Å². The van der Waals surface area contributed by atoms with E-state index < -0.39 is 0 Å². The molecule has 2 saturated heterocycles. The smallest absolute Gasteiger partial charge is 0.0811 e. The number of ether oxygens (including phenoxy) is 2. The first-order valence-electron chi connectivity index (χ1n) is 6.37. The molecule has 3 nitrogen and oxygen atoms in total. The van der Waals surface area contributed by atoms with Crippen LogP contribution < -0.4 is 5.32 Å². The molecule has 2 aliphatic heterocycles. The summed E-state index contributed by atoms with van der Waals surface area (Å²) in [6.07, 6.45) is 8.06. The maximum absolute atomic E-state index is 6.38. The third-order valence-corrected chi connectivity index (χ3v) is 4.15. The Kier molecular flexibility index (Phi) is 2.71. The maximum Gasteiger partial charge on any atom is 0.0811 e. The molecule has 0 aromatic carbocycles. The molecule has 2 atom stereocenters. The lowest BCUT2D eigenvalue weighted by atomic mass is 9.82. The van der Waals surface area contributed by atoms with Gasteiger partial charge in [0.1, 0.15) is 0 Å². The van der Waals surface area contributed by atoms with Gasteiger partial charge in [0, 0.05) is 13.2 Å². The number of morpholine rings is 1. The highest BCUT2D eigenvalue weighted by atomic mass is 16.5. The molecule has 3 aliphatic rings. The first-order valence-corrected chi connectivity index (χ1v) is 6.37. The van der Waals surface area contributed by atoms with Gasteiger partial charge >= 0.3 is 0 Å². The Hall–Kier alpha value is -0.120. The molecule has 1 saturated carbocycles. The van der Waals surface area contributed by atoms with Crippen LogP contribution in [-0.4, -0.2) is 37.5 Å². The summed E-state index contributed by atoms with van der Waals surface area (Å²) < 4.78 is 11.8. The van der Waals surface area contributed by atoms with E-state index >= 15 is 0 Å². The highest BCUT2D eigenvalue weighted by Gasteiger charge is 2.42. The molecule has 86 valence electrons. The van der Waals surface area contributed by atoms with Crippen molar-refractivity contribution in [2.45, 2.75) is 56.3 Å². The second kappa shape index (κ2) is 4.04. The monoisotopic (exact) mass is 211 g/mol. The molecule has 1 spiro atoms. The zero-order valence-corrected chi connectivity index (χ0v) is 9.34. The van der Waals surface area contributed by atoms with Crippen LogP contribution in [0.25, 0.3) is 0 Å². The number of fused-ring (bicyclic) bond motifs is 1. The molecule has 0 amide bonds. The molecule has 3 heteroatoms. The quantitative estimate of drug-likeness (QED) is 0.658. The van der Waals surface area contributed by atoms with Gasteiger partial charge in [-0.3, -0.25) is 0 Å². The highest BCUT2D eigenvalue weighted by molar-refractivity contribution is 4.96. The van der Waals surface area contributed by atoms with Crippen LogP contribution in [0.2, 0.25) is 0 Å². The number of rotatable bonds is 0. The zero-order chi connectivity index (χ0) is 10.1. The molecule has 3 rings (SSSR count). The predicted octanol–water partition coefficient (Wildman–Crippen LogP) is 1.47. The summed E-state index contributed by atoms with van der Waals surface area (Å²) in [4.78, 5) is 0. The largest absolute Gasteiger partial charge is 0.380 e. The van der Waals surface area contributed by atoms with Crippen LogP contribution in [0.1, 0.15) is 38.5 Å². The molecular formula is C12H21NO2. The molecule has 0 bridgehead atoms. The number of hydrogen-bond acceptors (Lipinski definition) is 3. The lowest BCUT2D eigenvalue weighted by Gasteiger charge is -2.48. The van der Waals surface area contributed by atoms with Crippen LogP contribution in [0.4, 0.5) is 0 Å². The molecule has 2 heterocycles. The summed E-state index contributed by atoms with van der Waals surface area (Å²) in [6.45, 7) is 2.75. The molecule has 2 unspecified atom stereocenters. The van der Waals surface area contributed by atoms with E-state index in [9.17, 15) is 0 Å². The van der Waals surface area contributed by atoms with Gasteiger partial charge in [-0.1, -0.05) is 19.3 Å². The van der Waals surface area contributed by atoms with E-state index in [4.69, 9.17) is 9.47 Å². The maximum atomic E-state index is 6.38. The minimum atomic E-state index is 0.177. The summed E-state index contributed by atoms with van der Waals surface area (Å²) in [5.41, 5.74) is 0.177. The molecular weight excluding hydrogens is 190 g/mol. The van der Waals surface area contributed by atoms with Crippen molar-refractivity contribution in [1.82, 2.24) is 5.32 Å². The minimum Gasteiger partial charge on any atom is -0.380 e. The van der Waals surface area contributed by atoms with Crippen LogP contribution in [0.3, 0.4) is 0 Å². The summed E-state index contributed by atoms with van der Waals surface area (Å²) in [5.74, 6) is 0. The second-order valence-electron chi connectivity index (χ2n) is 5.25. The molecule has 15 heavy (non-hydrogen) atoms. The van der Waals surface area contributed by atoms with Gasteiger partial charge in [0.15, 0.2) is 0 Å². The van der Waals surface area contributed by atoms with E-state index in [1.165, 1.54) is 32.1 Å². The Morgan fingerprint density at radius 1 is 1.13 bits per heavy atom. The van der Waals surface area contributed by atoms with Gasteiger partial charge in [-0.25, -0.2) is 0 Å². The fourth-order valence-electron chi connectivity index (χ4n) is 3.22. The first kappa shape index (κ1) is 10.1. The van der Waals surface area contributed by atoms with Crippen molar-refractivity contribution >= 4 is 0 Å². The lowest BCUT2D eigenvalue weighted by Crippen LogP contribution is -2.62. The third-order valence-electron chi connectivity index (χ3n) is 4.15. The highest BCUT2D eigenvalue weighted by Crippen LogP contribution is 2.36. The van der Waals surface area contributed by atoms with Crippen LogP contribution in [0.5, 0.6) is 0 Å². The molecule has 1 N–H and O–H groups in total. The summed E-state index contributed by atoms with van der Waals surface area (Å²) in [6, 6.07) is 0.450. The van der Waals surface area contributed by atoms with E-state index in [0.717, 1.165) is 26.2 Å². The Morgan fingerprint density at radius 3 is 2.87 bits per heavy atom. The van der Waals surface area contributed by atoms with Crippen molar-refractivity contribution in [2.24, 2.45) is 0 Å². The first-order chi connectivity index (χ1) is 7.38.